The highest BCUT2D eigenvalue weighted by molar-refractivity contribution is 5.97. The molecular weight excluding hydrogens is 371 g/mol. The van der Waals surface area contributed by atoms with Crippen LogP contribution in [0, 0.1) is 5.82 Å². The van der Waals surface area contributed by atoms with Gasteiger partial charge in [-0.3, -0.25) is 14.3 Å². The highest BCUT2D eigenvalue weighted by Gasteiger charge is 2.26. The van der Waals surface area contributed by atoms with Gasteiger partial charge in [0.05, 0.1) is 17.4 Å². The van der Waals surface area contributed by atoms with E-state index in [2.05, 4.69) is 27.4 Å². The van der Waals surface area contributed by atoms with Crippen molar-refractivity contribution in [2.75, 3.05) is 6.54 Å². The molecule has 144 valence electrons. The predicted octanol–water partition coefficient (Wildman–Crippen LogP) is 2.92. The summed E-state index contributed by atoms with van der Waals surface area (Å²) >= 11 is 0. The zero-order valence-corrected chi connectivity index (χ0v) is 15.4. The van der Waals surface area contributed by atoms with E-state index in [0.29, 0.717) is 29.0 Å². The SMILES string of the molecule is O=C1NCC(Cc2ccccc2)c2cc(-n3c(=O)[nH]c4ncc(F)cc43)ccc21. The van der Waals surface area contributed by atoms with Crippen molar-refractivity contribution in [3.05, 3.63) is 93.8 Å². The Morgan fingerprint density at radius 1 is 1.10 bits per heavy atom. The highest BCUT2D eigenvalue weighted by atomic mass is 19.1. The van der Waals surface area contributed by atoms with Gasteiger partial charge >= 0.3 is 5.69 Å². The van der Waals surface area contributed by atoms with Crippen LogP contribution >= 0.6 is 0 Å². The Bertz CT molecular complexity index is 1290. The van der Waals surface area contributed by atoms with Crippen LogP contribution < -0.4 is 11.0 Å². The number of carbonyl (C=O) groups is 1. The lowest BCUT2D eigenvalue weighted by Crippen LogP contribution is -2.36. The summed E-state index contributed by atoms with van der Waals surface area (Å²) in [5.74, 6) is -0.583. The number of H-pyrrole nitrogens is 1. The molecule has 5 rings (SSSR count). The lowest BCUT2D eigenvalue weighted by atomic mass is 9.85. The maximum absolute atomic E-state index is 13.7. The van der Waals surface area contributed by atoms with Gasteiger partial charge in [-0.2, -0.15) is 0 Å². The van der Waals surface area contributed by atoms with E-state index in [1.165, 1.54) is 16.2 Å². The molecule has 0 spiro atoms. The van der Waals surface area contributed by atoms with Crippen LogP contribution in [-0.4, -0.2) is 27.0 Å². The summed E-state index contributed by atoms with van der Waals surface area (Å²) in [6.07, 6.45) is 1.83. The van der Waals surface area contributed by atoms with Crippen LogP contribution in [0.5, 0.6) is 0 Å². The molecule has 3 heterocycles. The molecule has 0 fully saturated rings. The minimum absolute atomic E-state index is 0.0702. The number of amides is 1. The van der Waals surface area contributed by atoms with Gasteiger partial charge < -0.3 is 5.32 Å². The number of aromatic amines is 1. The molecular formula is C22H17FN4O2. The van der Waals surface area contributed by atoms with E-state index in [1.54, 1.807) is 12.1 Å². The van der Waals surface area contributed by atoms with E-state index in [0.717, 1.165) is 18.2 Å². The zero-order chi connectivity index (χ0) is 20.0. The number of nitrogens with zero attached hydrogens (tertiary/aromatic N) is 2. The maximum atomic E-state index is 13.7. The third-order valence-corrected chi connectivity index (χ3v) is 5.32. The van der Waals surface area contributed by atoms with Crippen molar-refractivity contribution < 1.29 is 9.18 Å². The van der Waals surface area contributed by atoms with Crippen LogP contribution in [0.3, 0.4) is 0 Å². The number of rotatable bonds is 3. The van der Waals surface area contributed by atoms with Crippen LogP contribution in [0.4, 0.5) is 4.39 Å². The zero-order valence-electron chi connectivity index (χ0n) is 15.4. The highest BCUT2D eigenvalue weighted by Crippen LogP contribution is 2.30. The van der Waals surface area contributed by atoms with E-state index in [1.807, 2.05) is 24.3 Å². The summed E-state index contributed by atoms with van der Waals surface area (Å²) in [7, 11) is 0. The Kier molecular flexibility index (Phi) is 4.01. The monoisotopic (exact) mass is 388 g/mol. The summed E-state index contributed by atoms with van der Waals surface area (Å²) in [4.78, 5) is 31.5. The second kappa shape index (κ2) is 6.70. The summed E-state index contributed by atoms with van der Waals surface area (Å²) in [5, 5.41) is 2.94. The molecule has 0 saturated carbocycles. The second-order valence-corrected chi connectivity index (χ2v) is 7.16. The molecule has 1 aliphatic heterocycles. The van der Waals surface area contributed by atoms with Gasteiger partial charge in [0.15, 0.2) is 5.65 Å². The smallest absolute Gasteiger partial charge is 0.332 e. The molecule has 29 heavy (non-hydrogen) atoms. The van der Waals surface area contributed by atoms with Gasteiger partial charge in [0.1, 0.15) is 5.82 Å². The minimum atomic E-state index is -0.524. The van der Waals surface area contributed by atoms with Crippen molar-refractivity contribution in [1.29, 1.82) is 0 Å². The molecule has 2 aromatic carbocycles. The molecule has 0 saturated heterocycles. The Hall–Kier alpha value is -3.74. The Balaban J connectivity index is 1.64. The van der Waals surface area contributed by atoms with Gasteiger partial charge in [-0.15, -0.1) is 0 Å². The van der Waals surface area contributed by atoms with Crippen molar-refractivity contribution in [2.24, 2.45) is 0 Å². The lowest BCUT2D eigenvalue weighted by molar-refractivity contribution is 0.0940. The number of hydrogen-bond donors (Lipinski definition) is 2. The molecule has 0 radical (unpaired) electrons. The van der Waals surface area contributed by atoms with Crippen LogP contribution in [0.15, 0.2) is 65.6 Å². The fraction of sp³-hybridized carbons (Fsp3) is 0.136. The van der Waals surface area contributed by atoms with Gasteiger partial charge in [0, 0.05) is 24.1 Å². The predicted molar refractivity (Wildman–Crippen MR) is 107 cm³/mol. The molecule has 0 aliphatic carbocycles. The van der Waals surface area contributed by atoms with E-state index in [9.17, 15) is 14.0 Å². The average Bonchev–Trinajstić information content (AvgIpc) is 3.05. The van der Waals surface area contributed by atoms with Gasteiger partial charge in [-0.25, -0.2) is 14.2 Å². The van der Waals surface area contributed by atoms with Crippen molar-refractivity contribution in [2.45, 2.75) is 12.3 Å². The van der Waals surface area contributed by atoms with Crippen LogP contribution in [0.25, 0.3) is 16.9 Å². The molecule has 6 nitrogen and oxygen atoms in total. The Morgan fingerprint density at radius 2 is 1.93 bits per heavy atom. The van der Waals surface area contributed by atoms with E-state index >= 15 is 0 Å². The number of imidazole rings is 1. The average molecular weight is 388 g/mol. The maximum Gasteiger partial charge on any atom is 0.332 e. The summed E-state index contributed by atoms with van der Waals surface area (Å²) < 4.78 is 15.1. The van der Waals surface area contributed by atoms with Crippen molar-refractivity contribution in [3.8, 4) is 5.69 Å². The summed E-state index contributed by atoms with van der Waals surface area (Å²) in [6, 6.07) is 16.6. The molecule has 7 heteroatoms. The number of nitrogens with one attached hydrogen (secondary N) is 2. The third-order valence-electron chi connectivity index (χ3n) is 5.32. The number of carbonyl (C=O) groups excluding carboxylic acids is 1. The summed E-state index contributed by atoms with van der Waals surface area (Å²) in [5.41, 5.74) is 3.47. The molecule has 0 bridgehead atoms. The molecule has 1 aliphatic rings. The van der Waals surface area contributed by atoms with Crippen molar-refractivity contribution in [3.63, 3.8) is 0 Å². The Labute approximate surface area is 165 Å². The van der Waals surface area contributed by atoms with Gasteiger partial charge in [0.2, 0.25) is 0 Å². The fourth-order valence-corrected chi connectivity index (χ4v) is 3.95. The molecule has 4 aromatic rings. The van der Waals surface area contributed by atoms with E-state index in [4.69, 9.17) is 0 Å². The molecule has 2 N–H and O–H groups in total. The van der Waals surface area contributed by atoms with Crippen molar-refractivity contribution >= 4 is 17.1 Å². The number of hydrogen-bond acceptors (Lipinski definition) is 3. The third kappa shape index (κ3) is 3.00. The number of aromatic nitrogens is 3. The van der Waals surface area contributed by atoms with Crippen molar-refractivity contribution in [1.82, 2.24) is 19.9 Å². The standard InChI is InChI=1S/C22H17FN4O2/c23-15-9-19-20(24-12-15)26-22(29)27(19)16-6-7-17-18(10-16)14(11-25-21(17)28)8-13-4-2-1-3-5-13/h1-7,9-10,12,14H,8,11H2,(H,25,28)(H,24,26,29). The van der Waals surface area contributed by atoms with Crippen LogP contribution in [0.2, 0.25) is 0 Å². The quantitative estimate of drug-likeness (QED) is 0.566. The number of halogens is 1. The lowest BCUT2D eigenvalue weighted by Gasteiger charge is -2.26. The topological polar surface area (TPSA) is 79.8 Å². The first-order chi connectivity index (χ1) is 14.1. The first-order valence-electron chi connectivity index (χ1n) is 9.33. The van der Waals surface area contributed by atoms with Gasteiger partial charge in [0.25, 0.3) is 5.91 Å². The minimum Gasteiger partial charge on any atom is -0.351 e. The first-order valence-corrected chi connectivity index (χ1v) is 9.33. The van der Waals surface area contributed by atoms with Crippen LogP contribution in [-0.2, 0) is 6.42 Å². The largest absolute Gasteiger partial charge is 0.351 e. The first kappa shape index (κ1) is 17.4. The molecule has 1 amide bonds. The number of pyridine rings is 1. The second-order valence-electron chi connectivity index (χ2n) is 7.16. The fourth-order valence-electron chi connectivity index (χ4n) is 3.95. The van der Waals surface area contributed by atoms with E-state index in [-0.39, 0.29) is 11.8 Å². The normalized spacial score (nSPS) is 15.9. The molecule has 1 atom stereocenters. The van der Waals surface area contributed by atoms with Gasteiger partial charge in [-0.05, 0) is 35.7 Å². The molecule has 1 unspecified atom stereocenters. The summed E-state index contributed by atoms with van der Waals surface area (Å²) in [6.45, 7) is 0.517. The number of fused-ring (bicyclic) bond motifs is 2. The van der Waals surface area contributed by atoms with Crippen LogP contribution in [0.1, 0.15) is 27.4 Å². The van der Waals surface area contributed by atoms with E-state index < -0.39 is 11.5 Å². The Morgan fingerprint density at radius 3 is 2.76 bits per heavy atom. The molecule has 2 aromatic heterocycles. The van der Waals surface area contributed by atoms with Gasteiger partial charge in [-0.1, -0.05) is 30.3 Å². The number of benzene rings is 2.